The van der Waals surface area contributed by atoms with Gasteiger partial charge in [0.2, 0.25) is 0 Å². The minimum absolute atomic E-state index is 0.252. The Hall–Kier alpha value is -0.350. The van der Waals surface area contributed by atoms with Gasteiger partial charge < -0.3 is 5.32 Å². The number of halogens is 3. The lowest BCUT2D eigenvalue weighted by Gasteiger charge is -2.20. The van der Waals surface area contributed by atoms with Gasteiger partial charge in [-0.05, 0) is 61.3 Å². The highest BCUT2D eigenvalue weighted by Crippen LogP contribution is 2.28. The van der Waals surface area contributed by atoms with Crippen LogP contribution in [-0.4, -0.2) is 7.05 Å². The van der Waals surface area contributed by atoms with Crippen LogP contribution in [0.5, 0.6) is 0 Å². The zero-order valence-corrected chi connectivity index (χ0v) is 15.3. The lowest BCUT2D eigenvalue weighted by Crippen LogP contribution is -2.20. The van der Waals surface area contributed by atoms with E-state index in [1.807, 2.05) is 19.2 Å². The second-order valence-corrected chi connectivity index (χ2v) is 7.02. The highest BCUT2D eigenvalue weighted by Gasteiger charge is 2.14. The first-order valence-electron chi connectivity index (χ1n) is 6.38. The second kappa shape index (κ2) is 7.08. The van der Waals surface area contributed by atoms with Gasteiger partial charge in [-0.25, -0.2) is 0 Å². The van der Waals surface area contributed by atoms with Crippen molar-refractivity contribution in [2.75, 3.05) is 7.05 Å². The van der Waals surface area contributed by atoms with Crippen LogP contribution in [0.15, 0.2) is 45.3 Å². The summed E-state index contributed by atoms with van der Waals surface area (Å²) in [7, 11) is 1.99. The van der Waals surface area contributed by atoms with Gasteiger partial charge in [-0.15, -0.1) is 0 Å². The summed E-state index contributed by atoms with van der Waals surface area (Å²) in [4.78, 5) is 0. The molecule has 2 aromatic rings. The summed E-state index contributed by atoms with van der Waals surface area (Å²) in [5.74, 6) is 0. The molecule has 0 heterocycles. The number of benzene rings is 2. The molecule has 1 nitrogen and oxygen atoms in total. The molecule has 4 heteroatoms. The van der Waals surface area contributed by atoms with Gasteiger partial charge in [-0.2, -0.15) is 0 Å². The van der Waals surface area contributed by atoms with Crippen LogP contribution in [0.3, 0.4) is 0 Å². The maximum atomic E-state index is 6.32. The Labute approximate surface area is 142 Å². The van der Waals surface area contributed by atoms with E-state index in [9.17, 15) is 0 Å². The molecule has 2 aromatic carbocycles. The van der Waals surface area contributed by atoms with Crippen LogP contribution >= 0.6 is 43.5 Å². The molecule has 20 heavy (non-hydrogen) atoms. The third kappa shape index (κ3) is 3.85. The highest BCUT2D eigenvalue weighted by atomic mass is 79.9. The molecule has 0 aliphatic rings. The Bertz CT molecular complexity index is 613. The molecule has 1 N–H and O–H groups in total. The normalized spacial score (nSPS) is 12.4. The van der Waals surface area contributed by atoms with E-state index in [1.54, 1.807) is 0 Å². The fourth-order valence-corrected chi connectivity index (χ4v) is 3.53. The summed E-state index contributed by atoms with van der Waals surface area (Å²) in [6.07, 6.45) is 0.866. The van der Waals surface area contributed by atoms with Gasteiger partial charge in [0.25, 0.3) is 0 Å². The number of aryl methyl sites for hydroxylation is 1. The van der Waals surface area contributed by atoms with Crippen LogP contribution in [0.4, 0.5) is 0 Å². The number of rotatable bonds is 4. The highest BCUT2D eigenvalue weighted by molar-refractivity contribution is 9.10. The molecule has 0 amide bonds. The van der Waals surface area contributed by atoms with Gasteiger partial charge in [0, 0.05) is 20.0 Å². The minimum atomic E-state index is 0.252. The summed E-state index contributed by atoms with van der Waals surface area (Å²) >= 11 is 13.3. The van der Waals surface area contributed by atoms with E-state index in [4.69, 9.17) is 11.6 Å². The summed E-state index contributed by atoms with van der Waals surface area (Å²) in [6, 6.07) is 12.7. The molecule has 0 saturated heterocycles. The van der Waals surface area contributed by atoms with E-state index in [2.05, 4.69) is 68.4 Å². The van der Waals surface area contributed by atoms with Crippen molar-refractivity contribution >= 4 is 43.5 Å². The Kier molecular flexibility index (Phi) is 5.67. The zero-order chi connectivity index (χ0) is 14.7. The topological polar surface area (TPSA) is 12.0 Å². The third-order valence-electron chi connectivity index (χ3n) is 3.39. The molecular weight excluding hydrogens is 401 g/mol. The van der Waals surface area contributed by atoms with E-state index in [1.165, 1.54) is 11.1 Å². The average Bonchev–Trinajstić information content (AvgIpc) is 2.39. The summed E-state index contributed by atoms with van der Waals surface area (Å²) in [5, 5.41) is 4.18. The van der Waals surface area contributed by atoms with Crippen molar-refractivity contribution in [1.82, 2.24) is 5.32 Å². The van der Waals surface area contributed by atoms with Crippen molar-refractivity contribution in [3.8, 4) is 0 Å². The molecular formula is C16H16Br2ClN. The van der Waals surface area contributed by atoms with E-state index in [0.29, 0.717) is 0 Å². The molecule has 0 fully saturated rings. The van der Waals surface area contributed by atoms with Crippen LogP contribution in [0.2, 0.25) is 5.02 Å². The molecule has 0 aliphatic heterocycles. The monoisotopic (exact) mass is 415 g/mol. The number of hydrogen-bond acceptors (Lipinski definition) is 1. The van der Waals surface area contributed by atoms with E-state index in [-0.39, 0.29) is 6.04 Å². The number of nitrogens with one attached hydrogen (secondary N) is 1. The predicted octanol–water partition coefficient (Wildman–Crippen LogP) is 5.68. The Morgan fingerprint density at radius 2 is 1.75 bits per heavy atom. The number of likely N-dealkylation sites (N-methyl/N-ethyl adjacent to an activating group) is 1. The van der Waals surface area contributed by atoms with Crippen LogP contribution in [0, 0.1) is 6.92 Å². The van der Waals surface area contributed by atoms with Crippen molar-refractivity contribution in [3.05, 3.63) is 67.1 Å². The first-order valence-corrected chi connectivity index (χ1v) is 8.35. The van der Waals surface area contributed by atoms with E-state index >= 15 is 0 Å². The van der Waals surface area contributed by atoms with Crippen LogP contribution in [0.25, 0.3) is 0 Å². The van der Waals surface area contributed by atoms with E-state index in [0.717, 1.165) is 26.0 Å². The fraction of sp³-hybridized carbons (Fsp3) is 0.250. The lowest BCUT2D eigenvalue weighted by atomic mass is 9.95. The maximum Gasteiger partial charge on any atom is 0.0449 e. The van der Waals surface area contributed by atoms with Crippen LogP contribution in [0.1, 0.15) is 22.7 Å². The molecule has 0 radical (unpaired) electrons. The zero-order valence-electron chi connectivity index (χ0n) is 11.4. The molecule has 2 rings (SSSR count). The first-order chi connectivity index (χ1) is 9.51. The molecule has 106 valence electrons. The summed E-state index contributed by atoms with van der Waals surface area (Å²) in [6.45, 7) is 2.13. The summed E-state index contributed by atoms with van der Waals surface area (Å²) < 4.78 is 2.11. The van der Waals surface area contributed by atoms with Crippen molar-refractivity contribution < 1.29 is 0 Å². The summed E-state index contributed by atoms with van der Waals surface area (Å²) in [5.41, 5.74) is 3.72. The maximum absolute atomic E-state index is 6.32. The van der Waals surface area contributed by atoms with Crippen molar-refractivity contribution in [1.29, 1.82) is 0 Å². The molecule has 0 spiro atoms. The SMILES string of the molecule is CNC(Cc1ccc(Br)cc1Cl)c1ccc(Br)cc1C. The minimum Gasteiger partial charge on any atom is -0.313 e. The van der Waals surface area contributed by atoms with Gasteiger partial charge in [0.15, 0.2) is 0 Å². The van der Waals surface area contributed by atoms with Gasteiger partial charge in [-0.1, -0.05) is 55.6 Å². The Balaban J connectivity index is 2.28. The van der Waals surface area contributed by atoms with Crippen molar-refractivity contribution in [2.45, 2.75) is 19.4 Å². The van der Waals surface area contributed by atoms with Gasteiger partial charge >= 0.3 is 0 Å². The largest absolute Gasteiger partial charge is 0.313 e. The molecule has 0 saturated carbocycles. The predicted molar refractivity (Wildman–Crippen MR) is 93.5 cm³/mol. The van der Waals surface area contributed by atoms with Crippen molar-refractivity contribution in [2.24, 2.45) is 0 Å². The Morgan fingerprint density at radius 3 is 2.35 bits per heavy atom. The molecule has 1 unspecified atom stereocenters. The van der Waals surface area contributed by atoms with Gasteiger partial charge in [0.05, 0.1) is 0 Å². The lowest BCUT2D eigenvalue weighted by molar-refractivity contribution is 0.589. The quantitative estimate of drug-likeness (QED) is 0.675. The first kappa shape index (κ1) is 16.0. The van der Waals surface area contributed by atoms with Crippen molar-refractivity contribution in [3.63, 3.8) is 0 Å². The smallest absolute Gasteiger partial charge is 0.0449 e. The van der Waals surface area contributed by atoms with E-state index < -0.39 is 0 Å². The number of hydrogen-bond donors (Lipinski definition) is 1. The van der Waals surface area contributed by atoms with Gasteiger partial charge in [0.1, 0.15) is 0 Å². The van der Waals surface area contributed by atoms with Crippen LogP contribution < -0.4 is 5.32 Å². The second-order valence-electron chi connectivity index (χ2n) is 4.78. The standard InChI is InChI=1S/C16H16Br2ClN/c1-10-7-12(17)5-6-14(10)16(20-2)8-11-3-4-13(18)9-15(11)19/h3-7,9,16,20H,8H2,1-2H3. The molecule has 1 atom stereocenters. The third-order valence-corrected chi connectivity index (χ3v) is 4.73. The Morgan fingerprint density at radius 1 is 1.10 bits per heavy atom. The molecule has 0 bridgehead atoms. The molecule has 0 aliphatic carbocycles. The fourth-order valence-electron chi connectivity index (χ4n) is 2.30. The van der Waals surface area contributed by atoms with Crippen LogP contribution in [-0.2, 0) is 6.42 Å². The average molecular weight is 418 g/mol. The van der Waals surface area contributed by atoms with Gasteiger partial charge in [-0.3, -0.25) is 0 Å². The molecule has 0 aromatic heterocycles.